The predicted molar refractivity (Wildman–Crippen MR) is 350 cm³/mol. The zero-order chi connectivity index (χ0) is 56.0. The first-order valence-electron chi connectivity index (χ1n) is 28.5. The maximum Gasteiger partial charge on any atom is 0.248 e. The molecule has 12 aromatic carbocycles. The summed E-state index contributed by atoms with van der Waals surface area (Å²) in [7, 11) is 0. The van der Waals surface area contributed by atoms with Crippen molar-refractivity contribution in [3.05, 3.63) is 290 Å². The van der Waals surface area contributed by atoms with Crippen LogP contribution in [0.1, 0.15) is 16.7 Å². The molecule has 0 spiro atoms. The molecule has 0 bridgehead atoms. The molecule has 0 amide bonds. The van der Waals surface area contributed by atoms with Crippen LogP contribution in [0.15, 0.2) is 273 Å². The van der Waals surface area contributed by atoms with Crippen molar-refractivity contribution >= 4 is 135 Å². The molecule has 0 fully saturated rings. The van der Waals surface area contributed by atoms with E-state index >= 15 is 0 Å². The summed E-state index contributed by atoms with van der Waals surface area (Å²) >= 11 is 0. The first-order chi connectivity index (χ1) is 41.6. The van der Waals surface area contributed by atoms with E-state index in [2.05, 4.69) is 256 Å². The number of nitriles is 3. The summed E-state index contributed by atoms with van der Waals surface area (Å²) < 4.78 is 7.14. The second-order valence-corrected chi connectivity index (χ2v) is 21.9. The zero-order valence-corrected chi connectivity index (χ0v) is 45.4. The van der Waals surface area contributed by atoms with Crippen molar-refractivity contribution in [1.29, 1.82) is 15.8 Å². The summed E-state index contributed by atoms with van der Waals surface area (Å²) in [5.74, 6) is 0. The second kappa shape index (κ2) is 19.5. The van der Waals surface area contributed by atoms with Gasteiger partial charge in [-0.1, -0.05) is 229 Å². The zero-order valence-electron chi connectivity index (χ0n) is 45.4. The van der Waals surface area contributed by atoms with Crippen molar-refractivity contribution in [3.63, 3.8) is 0 Å². The van der Waals surface area contributed by atoms with Crippen molar-refractivity contribution in [2.45, 2.75) is 0 Å². The molecule has 3 aliphatic heterocycles. The number of hydrogen-bond acceptors (Lipinski definition) is 3. The van der Waals surface area contributed by atoms with E-state index in [4.69, 9.17) is 0 Å². The SMILES string of the molecule is N#Cc1ccc2c3ccccc3n3c2c1B(c1ccccc1)c1ccccc1-3.N#Cc1cccc(B2c3ccccc3-n3c4ccccc4c4cccc2c43)c1.N#Cc1ccccc1B1c2ccccc2-n2c3ccccc3c3cccc1c32. The van der Waals surface area contributed by atoms with Crippen molar-refractivity contribution in [2.75, 3.05) is 0 Å². The molecule has 84 heavy (non-hydrogen) atoms. The molecule has 384 valence electrons. The highest BCUT2D eigenvalue weighted by atomic mass is 15.0. The number of rotatable bonds is 3. The summed E-state index contributed by atoms with van der Waals surface area (Å²) in [6.07, 6.45) is 0. The van der Waals surface area contributed by atoms with Gasteiger partial charge >= 0.3 is 0 Å². The van der Waals surface area contributed by atoms with Gasteiger partial charge in [0.15, 0.2) is 0 Å². The van der Waals surface area contributed by atoms with E-state index in [1.54, 1.807) is 0 Å². The lowest BCUT2D eigenvalue weighted by Crippen LogP contribution is -2.56. The average molecular weight is 1060 g/mol. The van der Waals surface area contributed by atoms with Gasteiger partial charge in [-0.25, -0.2) is 0 Å². The smallest absolute Gasteiger partial charge is 0.248 e. The molecule has 0 N–H and O–H groups in total. The van der Waals surface area contributed by atoms with Crippen LogP contribution in [0.2, 0.25) is 0 Å². The van der Waals surface area contributed by atoms with Crippen LogP contribution in [0.3, 0.4) is 0 Å². The predicted octanol–water partition coefficient (Wildman–Crippen LogP) is 10.5. The number of para-hydroxylation sites is 8. The Morgan fingerprint density at radius 1 is 0.262 bits per heavy atom. The fourth-order valence-electron chi connectivity index (χ4n) is 14.4. The third-order valence-electron chi connectivity index (χ3n) is 17.7. The van der Waals surface area contributed by atoms with Gasteiger partial charge in [0.05, 0.1) is 45.8 Å². The fraction of sp³-hybridized carbons (Fsp3) is 0. The molecule has 0 atom stereocenters. The largest absolute Gasteiger partial charge is 0.310 e. The molecule has 9 heteroatoms. The van der Waals surface area contributed by atoms with Gasteiger partial charge in [0.25, 0.3) is 0 Å². The Hall–Kier alpha value is -11.3. The minimum absolute atomic E-state index is 0.0487. The number of aromatic nitrogens is 3. The Labute approximate surface area is 486 Å². The number of fused-ring (bicyclic) bond motifs is 15. The third-order valence-corrected chi connectivity index (χ3v) is 17.7. The molecule has 3 aromatic heterocycles. The second-order valence-electron chi connectivity index (χ2n) is 21.9. The highest BCUT2D eigenvalue weighted by molar-refractivity contribution is 6.99. The Bertz CT molecular complexity index is 5350. The normalized spacial score (nSPS) is 12.2. The van der Waals surface area contributed by atoms with Crippen LogP contribution in [0.5, 0.6) is 0 Å². The quantitative estimate of drug-likeness (QED) is 0.165. The van der Waals surface area contributed by atoms with Crippen LogP contribution >= 0.6 is 0 Å². The molecule has 0 unspecified atom stereocenters. The summed E-state index contributed by atoms with van der Waals surface area (Å²) in [5, 5.41) is 36.6. The van der Waals surface area contributed by atoms with Gasteiger partial charge in [-0.3, -0.25) is 0 Å². The first-order valence-corrected chi connectivity index (χ1v) is 28.5. The van der Waals surface area contributed by atoms with Crippen molar-refractivity contribution in [1.82, 2.24) is 13.7 Å². The van der Waals surface area contributed by atoms with Gasteiger partial charge in [0.1, 0.15) is 0 Å². The molecular formula is C75H45B3N6. The highest BCUT2D eigenvalue weighted by Gasteiger charge is 2.37. The molecule has 18 rings (SSSR count). The summed E-state index contributed by atoms with van der Waals surface area (Å²) in [6, 6.07) is 102. The minimum atomic E-state index is 0.0487. The number of hydrogen-bond donors (Lipinski definition) is 0. The van der Waals surface area contributed by atoms with Gasteiger partial charge in [0, 0.05) is 71.5 Å². The lowest BCUT2D eigenvalue weighted by atomic mass is 9.35. The summed E-state index contributed by atoms with van der Waals surface area (Å²) in [4.78, 5) is 0. The van der Waals surface area contributed by atoms with E-state index in [1.165, 1.54) is 110 Å². The summed E-state index contributed by atoms with van der Waals surface area (Å²) in [5.41, 5.74) is 24.0. The van der Waals surface area contributed by atoms with Gasteiger partial charge in [0.2, 0.25) is 20.1 Å². The Morgan fingerprint density at radius 3 is 1.23 bits per heavy atom. The molecule has 0 radical (unpaired) electrons. The van der Waals surface area contributed by atoms with Crippen LogP contribution in [-0.2, 0) is 0 Å². The lowest BCUT2D eigenvalue weighted by Gasteiger charge is -2.27. The first kappa shape index (κ1) is 48.6. The molecule has 6 heterocycles. The van der Waals surface area contributed by atoms with Crippen molar-refractivity contribution in [2.24, 2.45) is 0 Å². The van der Waals surface area contributed by atoms with Crippen molar-refractivity contribution < 1.29 is 0 Å². The van der Waals surface area contributed by atoms with Gasteiger partial charge in [-0.2, -0.15) is 15.8 Å². The van der Waals surface area contributed by atoms with Gasteiger partial charge < -0.3 is 13.7 Å². The minimum Gasteiger partial charge on any atom is -0.310 e. The van der Waals surface area contributed by atoms with Crippen LogP contribution in [-0.4, -0.2) is 33.8 Å². The maximum atomic E-state index is 9.95. The topological polar surface area (TPSA) is 86.2 Å². The number of benzene rings is 12. The van der Waals surface area contributed by atoms with E-state index in [-0.39, 0.29) is 20.1 Å². The Morgan fingerprint density at radius 2 is 0.667 bits per heavy atom. The molecule has 3 aliphatic rings. The molecule has 0 aliphatic carbocycles. The van der Waals surface area contributed by atoms with E-state index in [0.29, 0.717) is 5.56 Å². The van der Waals surface area contributed by atoms with E-state index in [9.17, 15) is 15.8 Å². The molecule has 15 aromatic rings. The molecule has 6 nitrogen and oxygen atoms in total. The lowest BCUT2D eigenvalue weighted by molar-refractivity contribution is 1.19. The van der Waals surface area contributed by atoms with Gasteiger partial charge in [-0.05, 0) is 93.4 Å². The average Bonchev–Trinajstić information content (AvgIpc) is 1.67. The van der Waals surface area contributed by atoms with E-state index < -0.39 is 0 Å². The number of nitrogens with zero attached hydrogens (tertiary/aromatic N) is 6. The highest BCUT2D eigenvalue weighted by Crippen LogP contribution is 2.36. The van der Waals surface area contributed by atoms with Crippen LogP contribution in [0.25, 0.3) is 82.5 Å². The van der Waals surface area contributed by atoms with Crippen molar-refractivity contribution in [3.8, 4) is 35.3 Å². The van der Waals surface area contributed by atoms with Gasteiger partial charge in [-0.15, -0.1) is 0 Å². The van der Waals surface area contributed by atoms with Crippen LogP contribution < -0.4 is 49.2 Å². The Balaban J connectivity index is 0.000000103. The Kier molecular flexibility index (Phi) is 11.3. The van der Waals surface area contributed by atoms with E-state index in [1.807, 2.05) is 48.5 Å². The van der Waals surface area contributed by atoms with E-state index in [0.717, 1.165) is 33.0 Å². The molecule has 0 saturated heterocycles. The monoisotopic (exact) mass is 1060 g/mol. The van der Waals surface area contributed by atoms with Crippen LogP contribution in [0, 0.1) is 34.0 Å². The molecule has 0 saturated carbocycles. The standard InChI is InChI=1S/3C25H15BN2/c27-16-17-8-1-3-11-20(17)26-21-12-4-6-15-24(21)28-23-14-5-2-9-18(23)19-10-7-13-22(26)25(19)28;27-16-17-7-5-8-18(15-17)26-21-11-2-4-14-24(21)28-23-13-3-1-9-19(23)20-10-6-12-22(26)25(20)28;27-16-17-14-15-20-19-10-4-6-12-22(19)28-23-13-7-5-11-21(23)26(24(17)25(20)28)18-8-2-1-3-9-18/h3*1-15H. The fourth-order valence-corrected chi connectivity index (χ4v) is 14.4. The molecular weight excluding hydrogens is 1020 g/mol. The summed E-state index contributed by atoms with van der Waals surface area (Å²) in [6.45, 7) is 0.213. The van der Waals surface area contributed by atoms with Crippen LogP contribution in [0.4, 0.5) is 0 Å². The maximum absolute atomic E-state index is 9.95. The third kappa shape index (κ3) is 7.18.